The number of carbonyl (C=O) groups excluding carboxylic acids is 6. The Morgan fingerprint density at radius 3 is 1.60 bits per heavy atom. The lowest BCUT2D eigenvalue weighted by Gasteiger charge is -2.12. The van der Waals surface area contributed by atoms with Crippen molar-refractivity contribution in [1.29, 1.82) is 0 Å². The van der Waals surface area contributed by atoms with Crippen LogP contribution in [0.25, 0.3) is 17.1 Å². The smallest absolute Gasteiger partial charge is 0.340 e. The third kappa shape index (κ3) is 15.5. The van der Waals surface area contributed by atoms with Gasteiger partial charge in [0.2, 0.25) is 0 Å². The van der Waals surface area contributed by atoms with Crippen molar-refractivity contribution in [3.05, 3.63) is 202 Å². The van der Waals surface area contributed by atoms with Crippen molar-refractivity contribution in [3.8, 4) is 22.8 Å². The molecule has 0 aliphatic heterocycles. The number of aromatic nitrogens is 10. The first-order valence-corrected chi connectivity index (χ1v) is 24.0. The molecule has 0 aliphatic carbocycles. The Bertz CT molecular complexity index is 3900. The fourth-order valence-electron chi connectivity index (χ4n) is 7.11. The largest absolute Gasteiger partial charge is 0.497 e. The van der Waals surface area contributed by atoms with Crippen molar-refractivity contribution in [3.63, 3.8) is 0 Å². The average molecular weight is 1180 g/mol. The van der Waals surface area contributed by atoms with Crippen molar-refractivity contribution in [2.24, 2.45) is 0 Å². The number of ether oxygens (including phenoxy) is 4. The number of amides is 3. The van der Waals surface area contributed by atoms with E-state index in [1.165, 1.54) is 47.7 Å². The first-order valence-electron chi connectivity index (χ1n) is 24.0. The number of imidazole rings is 1. The van der Waals surface area contributed by atoms with Crippen molar-refractivity contribution in [2.75, 3.05) is 49.7 Å². The van der Waals surface area contributed by atoms with Crippen molar-refractivity contribution < 1.29 is 79.2 Å². The Kier molecular flexibility index (Phi) is 20.3. The molecule has 0 spiro atoms. The number of hydrogen-bond acceptors (Lipinski definition) is 20. The van der Waals surface area contributed by atoms with E-state index >= 15 is 0 Å². The van der Waals surface area contributed by atoms with E-state index in [1.54, 1.807) is 25.6 Å². The maximum Gasteiger partial charge on any atom is 0.340 e. The van der Waals surface area contributed by atoms with E-state index in [-0.39, 0.29) is 56.4 Å². The number of nitrogens with zero attached hydrogens (tertiary/aromatic N) is 9. The minimum Gasteiger partial charge on any atom is -0.497 e. The highest BCUT2D eigenvalue weighted by Crippen LogP contribution is 2.26. The molecule has 5 heterocycles. The van der Waals surface area contributed by atoms with Gasteiger partial charge in [-0.05, 0) is 60.2 Å². The van der Waals surface area contributed by atoms with Gasteiger partial charge in [0.25, 0.3) is 17.7 Å². The van der Waals surface area contributed by atoms with Crippen LogP contribution in [0.15, 0.2) is 122 Å². The molecular formula is C54H42F6N14O11. The second-order valence-electron chi connectivity index (χ2n) is 16.8. The summed E-state index contributed by atoms with van der Waals surface area (Å²) in [5.41, 5.74) is 0.445. The lowest BCUT2D eigenvalue weighted by Crippen LogP contribution is -2.20. The normalized spacial score (nSPS) is 10.4. The summed E-state index contributed by atoms with van der Waals surface area (Å²) in [6.45, 7) is -0.0893. The fourth-order valence-corrected chi connectivity index (χ4v) is 7.11. The zero-order valence-electron chi connectivity index (χ0n) is 44.3. The van der Waals surface area contributed by atoms with Crippen LogP contribution in [0.2, 0.25) is 0 Å². The third-order valence-corrected chi connectivity index (χ3v) is 11.4. The van der Waals surface area contributed by atoms with Crippen LogP contribution >= 0.6 is 0 Å². The van der Waals surface area contributed by atoms with E-state index in [0.717, 1.165) is 32.6 Å². The van der Waals surface area contributed by atoms with Gasteiger partial charge in [0.1, 0.15) is 12.1 Å². The molecule has 436 valence electrons. The van der Waals surface area contributed by atoms with Crippen LogP contribution in [0.3, 0.4) is 0 Å². The van der Waals surface area contributed by atoms with Gasteiger partial charge in [-0.15, -0.1) is 25.5 Å². The highest BCUT2D eigenvalue weighted by molar-refractivity contribution is 6.09. The van der Waals surface area contributed by atoms with Crippen LogP contribution in [-0.4, -0.2) is 120 Å². The van der Waals surface area contributed by atoms with Gasteiger partial charge in [0, 0.05) is 54.5 Å². The van der Waals surface area contributed by atoms with Crippen molar-refractivity contribution in [2.45, 2.75) is 13.2 Å². The highest BCUT2D eigenvalue weighted by atomic mass is 19.2. The molecule has 0 atom stereocenters. The Labute approximate surface area is 474 Å². The first kappa shape index (κ1) is 61.1. The number of aromatic amines is 1. The number of esters is 3. The number of methoxy groups -OCH3 is 4. The number of hydrogen-bond donors (Lipinski definition) is 6. The number of rotatable bonds is 16. The number of aliphatic hydroxyl groups is 1. The molecule has 9 aromatic rings. The summed E-state index contributed by atoms with van der Waals surface area (Å²) in [4.78, 5) is 76.5. The molecule has 4 aromatic carbocycles. The third-order valence-electron chi connectivity index (χ3n) is 11.4. The predicted molar refractivity (Wildman–Crippen MR) is 284 cm³/mol. The van der Waals surface area contributed by atoms with E-state index in [9.17, 15) is 60.2 Å². The van der Waals surface area contributed by atoms with E-state index in [1.807, 2.05) is 24.3 Å². The summed E-state index contributed by atoms with van der Waals surface area (Å²) >= 11 is 0. The molecule has 0 unspecified atom stereocenters. The summed E-state index contributed by atoms with van der Waals surface area (Å²) in [5.74, 6) is -11.7. The van der Waals surface area contributed by atoms with Gasteiger partial charge in [-0.1, -0.05) is 12.1 Å². The molecule has 85 heavy (non-hydrogen) atoms. The van der Waals surface area contributed by atoms with Gasteiger partial charge in [-0.3, -0.25) is 24.0 Å². The zero-order valence-corrected chi connectivity index (χ0v) is 44.3. The summed E-state index contributed by atoms with van der Waals surface area (Å²) in [6.07, 6.45) is 9.13. The maximum absolute atomic E-state index is 13.6. The lowest BCUT2D eigenvalue weighted by molar-refractivity contribution is 0.0592. The minimum absolute atomic E-state index is 0.0854. The number of aliphatic hydroxyl groups excluding tert-OH is 1. The maximum atomic E-state index is 13.6. The van der Waals surface area contributed by atoms with Gasteiger partial charge in [-0.2, -0.15) is 10.2 Å². The number of anilines is 4. The Balaban J connectivity index is 0.000000183. The molecule has 9 rings (SSSR count). The second-order valence-corrected chi connectivity index (χ2v) is 16.8. The molecule has 0 aliphatic rings. The van der Waals surface area contributed by atoms with Gasteiger partial charge in [-0.25, -0.2) is 45.7 Å². The molecule has 0 radical (unpaired) electrons. The van der Waals surface area contributed by atoms with Crippen LogP contribution in [0, 0.1) is 34.9 Å². The first-order chi connectivity index (χ1) is 40.8. The van der Waals surface area contributed by atoms with Gasteiger partial charge in [0.05, 0.1) is 92.6 Å². The van der Waals surface area contributed by atoms with Crippen molar-refractivity contribution >= 4 is 58.4 Å². The Morgan fingerprint density at radius 2 is 1.13 bits per heavy atom. The number of H-pyrrole nitrogens is 1. The molecule has 25 nitrogen and oxygen atoms in total. The SMILES string of the molecule is COC(=O)c1cc(F)c(F)cc1NC(=O)c1cc(NCc2ccc(OC)cc2)cnn1.COC(=O)c1cc(F)c(F)cc1NC(=O)c1ccc(-c2cn[nH]c2)nn1.COC(=O)c1cc(F)c(F)cc1NC(=O)c1nnc(-n2ccnc2)cc1CO. The second kappa shape index (κ2) is 28.3. The molecule has 31 heteroatoms. The number of halogens is 6. The van der Waals surface area contributed by atoms with E-state index < -0.39 is 77.1 Å². The topological polar surface area (TPSA) is 332 Å². The molecule has 0 bridgehead atoms. The number of nitrogens with one attached hydrogen (secondary N) is 5. The van der Waals surface area contributed by atoms with Crippen LogP contribution in [0.5, 0.6) is 5.75 Å². The number of carbonyl (C=O) groups is 6. The molecule has 6 N–H and O–H groups in total. The lowest BCUT2D eigenvalue weighted by atomic mass is 10.1. The van der Waals surface area contributed by atoms with Crippen LogP contribution in [0.4, 0.5) is 49.1 Å². The molecule has 3 amide bonds. The van der Waals surface area contributed by atoms with Gasteiger partial charge >= 0.3 is 17.9 Å². The molecular weight excluding hydrogens is 1130 g/mol. The van der Waals surface area contributed by atoms with E-state index in [2.05, 4.69) is 81.3 Å². The summed E-state index contributed by atoms with van der Waals surface area (Å²) < 4.78 is 101. The predicted octanol–water partition coefficient (Wildman–Crippen LogP) is 7.07. The average Bonchev–Trinajstić information content (AvgIpc) is 3.84. The monoisotopic (exact) mass is 1180 g/mol. The molecule has 0 fully saturated rings. The number of benzene rings is 4. The van der Waals surface area contributed by atoms with Crippen LogP contribution < -0.4 is 26.0 Å². The van der Waals surface area contributed by atoms with Crippen LogP contribution in [-0.2, 0) is 27.4 Å². The summed E-state index contributed by atoms with van der Waals surface area (Å²) in [6, 6.07) is 17.1. The summed E-state index contributed by atoms with van der Waals surface area (Å²) in [5, 5.41) is 48.8. The molecule has 0 saturated carbocycles. The van der Waals surface area contributed by atoms with Crippen LogP contribution in [0.1, 0.15) is 73.7 Å². The van der Waals surface area contributed by atoms with E-state index in [0.29, 0.717) is 65.7 Å². The summed E-state index contributed by atoms with van der Waals surface area (Å²) in [7, 11) is 4.80. The fraction of sp³-hybridized carbons (Fsp3) is 0.111. The highest BCUT2D eigenvalue weighted by Gasteiger charge is 2.24. The van der Waals surface area contributed by atoms with Gasteiger partial charge < -0.3 is 45.3 Å². The Morgan fingerprint density at radius 1 is 0.588 bits per heavy atom. The van der Waals surface area contributed by atoms with E-state index in [4.69, 9.17) is 4.74 Å². The van der Waals surface area contributed by atoms with Gasteiger partial charge in [0.15, 0.2) is 57.8 Å². The van der Waals surface area contributed by atoms with Crippen molar-refractivity contribution in [1.82, 2.24) is 50.3 Å². The standard InChI is InChI=1S/C21H18F2N4O4.C17H13F2N5O4.C16H11F2N5O3/c1-30-14-5-3-12(4-6-14)10-24-13-7-19(27-25-11-13)20(28)26-18-9-17(23)16(22)8-15(18)21(29)31-2;1-28-17(27)10-5-11(18)12(19)6-13(10)21-16(26)15-9(7-25)4-14(22-23-15)24-3-2-20-8-24;1-26-16(25)9-4-10(17)11(18)5-14(9)21-15(24)13-3-2-12(22-23-13)8-6-19-20-7-8/h3-9,11H,10H2,1-2H3,(H,24,27)(H,26,28);2-6,8,25H,7H2,1H3,(H,21,26);2-7H,1H3,(H,19,20)(H,21,24). The Hall–Kier alpha value is -11.5. The molecule has 0 saturated heterocycles. The quantitative estimate of drug-likeness (QED) is 0.0320. The minimum atomic E-state index is -1.28. The molecule has 5 aromatic heterocycles. The zero-order chi connectivity index (χ0) is 61.3.